The van der Waals surface area contributed by atoms with Crippen LogP contribution in [-0.4, -0.2) is 49.8 Å². The van der Waals surface area contributed by atoms with Crippen molar-refractivity contribution in [1.29, 1.82) is 0 Å². The van der Waals surface area contributed by atoms with Crippen molar-refractivity contribution in [2.75, 3.05) is 32.6 Å². The molecule has 1 fully saturated rings. The molecule has 21 heavy (non-hydrogen) atoms. The smallest absolute Gasteiger partial charge is 0.191 e. The first-order valence-electron chi connectivity index (χ1n) is 7.95. The minimum atomic E-state index is 0. The molecule has 0 radical (unpaired) electrons. The van der Waals surface area contributed by atoms with Gasteiger partial charge in [-0.2, -0.15) is 11.8 Å². The van der Waals surface area contributed by atoms with Gasteiger partial charge in [0.1, 0.15) is 0 Å². The van der Waals surface area contributed by atoms with E-state index in [0.717, 1.165) is 50.4 Å². The lowest BCUT2D eigenvalue weighted by Crippen LogP contribution is -2.42. The van der Waals surface area contributed by atoms with Gasteiger partial charge in [0.15, 0.2) is 5.96 Å². The summed E-state index contributed by atoms with van der Waals surface area (Å²) in [5.41, 5.74) is 0. The molecule has 1 saturated carbocycles. The third kappa shape index (κ3) is 9.84. The molecule has 4 nitrogen and oxygen atoms in total. The number of unbranched alkanes of at least 4 members (excludes halogenated alkanes) is 1. The maximum atomic E-state index is 5.34. The molecule has 2 unspecified atom stereocenters. The van der Waals surface area contributed by atoms with E-state index in [-0.39, 0.29) is 24.0 Å². The van der Waals surface area contributed by atoms with Crippen LogP contribution in [-0.2, 0) is 4.74 Å². The predicted octanol–water partition coefficient (Wildman–Crippen LogP) is 3.26. The summed E-state index contributed by atoms with van der Waals surface area (Å²) in [7, 11) is 0. The van der Waals surface area contributed by atoms with Crippen molar-refractivity contribution in [2.24, 2.45) is 4.99 Å². The summed E-state index contributed by atoms with van der Waals surface area (Å²) in [6.07, 6.45) is 8.25. The Kier molecular flexibility index (Phi) is 14.1. The van der Waals surface area contributed by atoms with E-state index >= 15 is 0 Å². The molecule has 0 bridgehead atoms. The SMILES string of the molecule is CCNC(=NCCCCOCC)NC1CCC(SC)C1.I. The van der Waals surface area contributed by atoms with Crippen molar-refractivity contribution < 1.29 is 4.74 Å². The molecule has 2 N–H and O–H groups in total. The summed E-state index contributed by atoms with van der Waals surface area (Å²) in [5, 5.41) is 7.74. The molecule has 126 valence electrons. The topological polar surface area (TPSA) is 45.7 Å². The van der Waals surface area contributed by atoms with Crippen LogP contribution in [0.4, 0.5) is 0 Å². The van der Waals surface area contributed by atoms with E-state index in [1.54, 1.807) is 0 Å². The predicted molar refractivity (Wildman–Crippen MR) is 105 cm³/mol. The molecule has 0 aromatic carbocycles. The summed E-state index contributed by atoms with van der Waals surface area (Å²) < 4.78 is 5.34. The number of ether oxygens (including phenoxy) is 1. The van der Waals surface area contributed by atoms with E-state index in [1.807, 2.05) is 18.7 Å². The Morgan fingerprint density at radius 1 is 1.29 bits per heavy atom. The number of nitrogens with one attached hydrogen (secondary N) is 2. The zero-order valence-electron chi connectivity index (χ0n) is 13.7. The van der Waals surface area contributed by atoms with Gasteiger partial charge >= 0.3 is 0 Å². The highest BCUT2D eigenvalue weighted by molar-refractivity contribution is 14.0. The van der Waals surface area contributed by atoms with Crippen LogP contribution in [0.1, 0.15) is 46.0 Å². The van der Waals surface area contributed by atoms with Crippen LogP contribution in [0.15, 0.2) is 4.99 Å². The summed E-state index contributed by atoms with van der Waals surface area (Å²) >= 11 is 1.99. The van der Waals surface area contributed by atoms with Crippen LogP contribution in [0, 0.1) is 0 Å². The van der Waals surface area contributed by atoms with E-state index < -0.39 is 0 Å². The van der Waals surface area contributed by atoms with Crippen molar-refractivity contribution in [3.05, 3.63) is 0 Å². The van der Waals surface area contributed by atoms with Gasteiger partial charge in [-0.25, -0.2) is 0 Å². The fourth-order valence-corrected chi connectivity index (χ4v) is 3.25. The van der Waals surface area contributed by atoms with Crippen molar-refractivity contribution in [3.63, 3.8) is 0 Å². The van der Waals surface area contributed by atoms with Gasteiger partial charge in [0.2, 0.25) is 0 Å². The highest BCUT2D eigenvalue weighted by Crippen LogP contribution is 2.27. The van der Waals surface area contributed by atoms with E-state index in [0.29, 0.717) is 6.04 Å². The monoisotopic (exact) mass is 429 g/mol. The zero-order chi connectivity index (χ0) is 14.6. The highest BCUT2D eigenvalue weighted by Gasteiger charge is 2.24. The molecule has 0 aliphatic heterocycles. The Morgan fingerprint density at radius 3 is 2.71 bits per heavy atom. The molecule has 0 amide bonds. The number of guanidine groups is 1. The number of hydrogen-bond acceptors (Lipinski definition) is 3. The second kappa shape index (κ2) is 13.9. The lowest BCUT2D eigenvalue weighted by Gasteiger charge is -2.17. The van der Waals surface area contributed by atoms with Gasteiger partial charge < -0.3 is 15.4 Å². The summed E-state index contributed by atoms with van der Waals surface area (Å²) in [4.78, 5) is 4.66. The Labute approximate surface area is 151 Å². The average Bonchev–Trinajstić information content (AvgIpc) is 2.90. The number of nitrogens with zero attached hydrogens (tertiary/aromatic N) is 1. The standard InChI is InChI=1S/C15H31N3OS.HI/c1-4-16-15(17-10-6-7-11-19-5-2)18-13-8-9-14(12-13)20-3;/h13-14H,4-12H2,1-3H3,(H2,16,17,18);1H. The third-order valence-corrected chi connectivity index (χ3v) is 4.67. The normalized spacial score (nSPS) is 22.0. The van der Waals surface area contributed by atoms with Crippen LogP contribution in [0.3, 0.4) is 0 Å². The van der Waals surface area contributed by atoms with Crippen LogP contribution in [0.25, 0.3) is 0 Å². The molecule has 0 aromatic heterocycles. The summed E-state index contributed by atoms with van der Waals surface area (Å²) in [6.45, 7) is 7.62. The van der Waals surface area contributed by atoms with Gasteiger partial charge in [0, 0.05) is 37.6 Å². The second-order valence-electron chi connectivity index (χ2n) is 5.18. The number of thioether (sulfide) groups is 1. The van der Waals surface area contributed by atoms with Crippen molar-refractivity contribution >= 4 is 41.7 Å². The van der Waals surface area contributed by atoms with E-state index in [4.69, 9.17) is 4.74 Å². The van der Waals surface area contributed by atoms with E-state index in [9.17, 15) is 0 Å². The second-order valence-corrected chi connectivity index (χ2v) is 6.31. The molecular weight excluding hydrogens is 397 g/mol. The van der Waals surface area contributed by atoms with Crippen LogP contribution < -0.4 is 10.6 Å². The van der Waals surface area contributed by atoms with Crippen LogP contribution >= 0.6 is 35.7 Å². The largest absolute Gasteiger partial charge is 0.382 e. The summed E-state index contributed by atoms with van der Waals surface area (Å²) in [5.74, 6) is 0.982. The number of rotatable bonds is 9. The molecule has 0 saturated heterocycles. The van der Waals surface area contributed by atoms with Gasteiger partial charge in [0.25, 0.3) is 0 Å². The number of aliphatic imine (C=N–C) groups is 1. The first kappa shape index (κ1) is 21.3. The van der Waals surface area contributed by atoms with Crippen LogP contribution in [0.5, 0.6) is 0 Å². The lowest BCUT2D eigenvalue weighted by molar-refractivity contribution is 0.144. The van der Waals surface area contributed by atoms with E-state index in [1.165, 1.54) is 19.3 Å². The van der Waals surface area contributed by atoms with Gasteiger partial charge in [-0.15, -0.1) is 24.0 Å². The Balaban J connectivity index is 0.00000400. The van der Waals surface area contributed by atoms with Gasteiger partial charge in [-0.05, 0) is 52.2 Å². The Bertz CT molecular complexity index is 280. The van der Waals surface area contributed by atoms with Crippen LogP contribution in [0.2, 0.25) is 0 Å². The lowest BCUT2D eigenvalue weighted by atomic mass is 10.2. The Morgan fingerprint density at radius 2 is 2.10 bits per heavy atom. The maximum absolute atomic E-state index is 5.34. The van der Waals surface area contributed by atoms with Crippen molar-refractivity contribution in [1.82, 2.24) is 10.6 Å². The number of halogens is 1. The van der Waals surface area contributed by atoms with Gasteiger partial charge in [0.05, 0.1) is 0 Å². The van der Waals surface area contributed by atoms with Gasteiger partial charge in [-0.1, -0.05) is 0 Å². The Hall–Kier alpha value is 0.310. The minimum absolute atomic E-state index is 0. The quantitative estimate of drug-likeness (QED) is 0.256. The third-order valence-electron chi connectivity index (χ3n) is 3.57. The molecular formula is C15H32IN3OS. The first-order chi connectivity index (χ1) is 9.80. The highest BCUT2D eigenvalue weighted by atomic mass is 127. The molecule has 0 spiro atoms. The molecule has 0 heterocycles. The molecule has 2 atom stereocenters. The molecule has 1 aliphatic rings. The zero-order valence-corrected chi connectivity index (χ0v) is 16.8. The van der Waals surface area contributed by atoms with E-state index in [2.05, 4.69) is 28.8 Å². The maximum Gasteiger partial charge on any atom is 0.191 e. The summed E-state index contributed by atoms with van der Waals surface area (Å²) in [6, 6.07) is 0.591. The van der Waals surface area contributed by atoms with Crippen molar-refractivity contribution in [2.45, 2.75) is 57.2 Å². The minimum Gasteiger partial charge on any atom is -0.382 e. The molecule has 6 heteroatoms. The fourth-order valence-electron chi connectivity index (χ4n) is 2.45. The number of hydrogen-bond donors (Lipinski definition) is 2. The van der Waals surface area contributed by atoms with Crippen molar-refractivity contribution in [3.8, 4) is 0 Å². The molecule has 0 aromatic rings. The fraction of sp³-hybridized carbons (Fsp3) is 0.933. The van der Waals surface area contributed by atoms with Gasteiger partial charge in [-0.3, -0.25) is 4.99 Å². The first-order valence-corrected chi connectivity index (χ1v) is 9.24. The molecule has 1 aliphatic carbocycles. The average molecular weight is 429 g/mol. The molecule has 1 rings (SSSR count).